The third kappa shape index (κ3) is 1.83. The summed E-state index contributed by atoms with van der Waals surface area (Å²) in [5, 5.41) is 0. The van der Waals surface area contributed by atoms with Crippen molar-refractivity contribution in [3.63, 3.8) is 0 Å². The SMILES string of the molecule is CSC(=S)O[C@]1(C(F)(F)F)C[C@H]2CC[C@@H]1C2. The predicted octanol–water partition coefficient (Wildman–Crippen LogP) is 3.77. The van der Waals surface area contributed by atoms with Gasteiger partial charge in [0.05, 0.1) is 0 Å². The van der Waals surface area contributed by atoms with E-state index in [0.717, 1.165) is 18.2 Å². The first-order chi connectivity index (χ1) is 7.39. The summed E-state index contributed by atoms with van der Waals surface area (Å²) < 4.78 is 44.6. The van der Waals surface area contributed by atoms with Crippen LogP contribution in [-0.2, 0) is 4.74 Å². The van der Waals surface area contributed by atoms with Crippen LogP contribution >= 0.6 is 24.0 Å². The lowest BCUT2D eigenvalue weighted by Crippen LogP contribution is -2.52. The largest absolute Gasteiger partial charge is 0.462 e. The maximum absolute atomic E-state index is 13.2. The van der Waals surface area contributed by atoms with Gasteiger partial charge in [0.15, 0.2) is 0 Å². The van der Waals surface area contributed by atoms with E-state index >= 15 is 0 Å². The lowest BCUT2D eigenvalue weighted by atomic mass is 9.83. The highest BCUT2D eigenvalue weighted by atomic mass is 32.2. The summed E-state index contributed by atoms with van der Waals surface area (Å²) >= 11 is 5.85. The number of rotatable bonds is 1. The molecule has 0 unspecified atom stereocenters. The van der Waals surface area contributed by atoms with Crippen LogP contribution in [0.3, 0.4) is 0 Å². The average molecular weight is 270 g/mol. The van der Waals surface area contributed by atoms with Gasteiger partial charge in [-0.15, -0.1) is 0 Å². The fourth-order valence-electron chi connectivity index (χ4n) is 3.00. The van der Waals surface area contributed by atoms with Crippen LogP contribution in [0, 0.1) is 11.8 Å². The quantitative estimate of drug-likeness (QED) is 0.671. The monoisotopic (exact) mass is 270 g/mol. The molecular formula is C10H13F3OS2. The van der Waals surface area contributed by atoms with Gasteiger partial charge in [-0.05, 0) is 50.1 Å². The van der Waals surface area contributed by atoms with E-state index < -0.39 is 17.7 Å². The van der Waals surface area contributed by atoms with Gasteiger partial charge < -0.3 is 4.74 Å². The van der Waals surface area contributed by atoms with Crippen molar-refractivity contribution in [1.29, 1.82) is 0 Å². The lowest BCUT2D eigenvalue weighted by Gasteiger charge is -2.39. The summed E-state index contributed by atoms with van der Waals surface area (Å²) in [6.07, 6.45) is -0.441. The van der Waals surface area contributed by atoms with Crippen LogP contribution in [0.25, 0.3) is 0 Å². The van der Waals surface area contributed by atoms with Gasteiger partial charge in [-0.2, -0.15) is 13.2 Å². The number of fused-ring (bicyclic) bond motifs is 2. The fraction of sp³-hybridized carbons (Fsp3) is 0.900. The zero-order chi connectivity index (χ0) is 12.0. The average Bonchev–Trinajstić information content (AvgIpc) is 2.76. The van der Waals surface area contributed by atoms with E-state index in [2.05, 4.69) is 0 Å². The number of halogens is 3. The van der Waals surface area contributed by atoms with Gasteiger partial charge in [-0.1, -0.05) is 11.8 Å². The molecule has 2 saturated carbocycles. The van der Waals surface area contributed by atoms with Crippen LogP contribution in [0.4, 0.5) is 13.2 Å². The highest BCUT2D eigenvalue weighted by Crippen LogP contribution is 2.59. The Morgan fingerprint density at radius 2 is 2.12 bits per heavy atom. The number of ether oxygens (including phenoxy) is 1. The van der Waals surface area contributed by atoms with Crippen molar-refractivity contribution in [1.82, 2.24) is 0 Å². The summed E-state index contributed by atoms with van der Waals surface area (Å²) in [7, 11) is 0. The minimum absolute atomic E-state index is 0.00451. The maximum Gasteiger partial charge on any atom is 0.428 e. The zero-order valence-corrected chi connectivity index (χ0v) is 10.5. The molecule has 2 aliphatic carbocycles. The molecular weight excluding hydrogens is 257 g/mol. The van der Waals surface area contributed by atoms with Gasteiger partial charge in [0, 0.05) is 5.92 Å². The van der Waals surface area contributed by atoms with Gasteiger partial charge >= 0.3 is 6.18 Å². The Hall–Kier alpha value is 0.0300. The van der Waals surface area contributed by atoms with Gasteiger partial charge in [0.25, 0.3) is 0 Å². The first-order valence-electron chi connectivity index (χ1n) is 5.23. The molecule has 2 rings (SSSR count). The Morgan fingerprint density at radius 3 is 2.50 bits per heavy atom. The van der Waals surface area contributed by atoms with E-state index in [1.54, 1.807) is 6.26 Å². The molecule has 2 fully saturated rings. The molecule has 16 heavy (non-hydrogen) atoms. The Labute approximate surface area is 102 Å². The minimum Gasteiger partial charge on any atom is -0.462 e. The molecule has 0 spiro atoms. The van der Waals surface area contributed by atoms with Gasteiger partial charge in [0.1, 0.15) is 0 Å². The minimum atomic E-state index is -4.31. The summed E-state index contributed by atoms with van der Waals surface area (Å²) in [5.41, 5.74) is -1.99. The van der Waals surface area contributed by atoms with Gasteiger partial charge in [-0.3, -0.25) is 0 Å². The van der Waals surface area contributed by atoms with Crippen molar-refractivity contribution in [2.45, 2.75) is 37.5 Å². The van der Waals surface area contributed by atoms with Gasteiger partial charge in [-0.25, -0.2) is 0 Å². The van der Waals surface area contributed by atoms with Crippen molar-refractivity contribution in [3.05, 3.63) is 0 Å². The molecule has 0 amide bonds. The van der Waals surface area contributed by atoms with E-state index in [4.69, 9.17) is 17.0 Å². The fourth-order valence-corrected chi connectivity index (χ4v) is 3.38. The van der Waals surface area contributed by atoms with E-state index in [1.165, 1.54) is 0 Å². The molecule has 0 aliphatic heterocycles. The highest BCUT2D eigenvalue weighted by molar-refractivity contribution is 8.22. The van der Waals surface area contributed by atoms with E-state index in [0.29, 0.717) is 12.8 Å². The molecule has 0 aromatic rings. The molecule has 2 bridgehead atoms. The second kappa shape index (κ2) is 4.05. The van der Waals surface area contributed by atoms with E-state index in [-0.39, 0.29) is 16.7 Å². The smallest absolute Gasteiger partial charge is 0.428 e. The molecule has 92 valence electrons. The Kier molecular flexibility index (Phi) is 3.16. The number of hydrogen-bond acceptors (Lipinski definition) is 3. The van der Waals surface area contributed by atoms with E-state index in [9.17, 15) is 13.2 Å². The molecule has 0 saturated heterocycles. The van der Waals surface area contributed by atoms with Crippen LogP contribution in [0.2, 0.25) is 0 Å². The predicted molar refractivity (Wildman–Crippen MR) is 61.4 cm³/mol. The Balaban J connectivity index is 2.24. The number of alkyl halides is 3. The summed E-state index contributed by atoms with van der Waals surface area (Å²) in [6.45, 7) is 0. The lowest BCUT2D eigenvalue weighted by molar-refractivity contribution is -0.268. The molecule has 2 aliphatic rings. The standard InChI is InChI=1S/C10H13F3OS2/c1-16-8(15)14-9(10(11,12)13)5-6-2-3-7(9)4-6/h6-7H,2-5H2,1H3/t6-,7+,9+/m0/s1. The molecule has 3 atom stereocenters. The first kappa shape index (κ1) is 12.5. The third-order valence-electron chi connectivity index (χ3n) is 3.70. The molecule has 0 N–H and O–H groups in total. The van der Waals surface area contributed by atoms with Crippen molar-refractivity contribution in [2.24, 2.45) is 11.8 Å². The molecule has 1 nitrogen and oxygen atoms in total. The molecule has 0 aromatic carbocycles. The second-order valence-electron chi connectivity index (χ2n) is 4.52. The van der Waals surface area contributed by atoms with Crippen molar-refractivity contribution in [3.8, 4) is 0 Å². The second-order valence-corrected chi connectivity index (χ2v) is 5.93. The van der Waals surface area contributed by atoms with Crippen LogP contribution in [0.1, 0.15) is 25.7 Å². The summed E-state index contributed by atoms with van der Waals surface area (Å²) in [4.78, 5) is 0. The maximum atomic E-state index is 13.2. The van der Waals surface area contributed by atoms with Crippen LogP contribution in [0.5, 0.6) is 0 Å². The van der Waals surface area contributed by atoms with Crippen LogP contribution < -0.4 is 0 Å². The number of thiocarbonyl (C=S) groups is 1. The topological polar surface area (TPSA) is 9.23 Å². The van der Waals surface area contributed by atoms with Crippen molar-refractivity contribution in [2.75, 3.05) is 6.26 Å². The Bertz CT molecular complexity index is 305. The van der Waals surface area contributed by atoms with Crippen molar-refractivity contribution < 1.29 is 17.9 Å². The number of thioether (sulfide) groups is 1. The Morgan fingerprint density at radius 1 is 1.44 bits per heavy atom. The molecule has 6 heteroatoms. The van der Waals surface area contributed by atoms with Crippen molar-refractivity contribution >= 4 is 28.4 Å². The van der Waals surface area contributed by atoms with Crippen LogP contribution in [-0.4, -0.2) is 22.4 Å². The molecule has 0 radical (unpaired) electrons. The van der Waals surface area contributed by atoms with E-state index in [1.807, 2.05) is 0 Å². The highest BCUT2D eigenvalue weighted by Gasteiger charge is 2.67. The van der Waals surface area contributed by atoms with Gasteiger partial charge in [0.2, 0.25) is 9.98 Å². The third-order valence-corrected chi connectivity index (χ3v) is 4.70. The zero-order valence-electron chi connectivity index (χ0n) is 8.84. The summed E-state index contributed by atoms with van der Waals surface area (Å²) in [6, 6.07) is 0. The first-order valence-corrected chi connectivity index (χ1v) is 6.86. The van der Waals surface area contributed by atoms with Crippen LogP contribution in [0.15, 0.2) is 0 Å². The number of hydrogen-bond donors (Lipinski definition) is 0. The summed E-state index contributed by atoms with van der Waals surface area (Å²) in [5.74, 6) is -0.237. The normalized spacial score (nSPS) is 37.8. The molecule has 0 aromatic heterocycles. The molecule has 0 heterocycles.